The zero-order valence-electron chi connectivity index (χ0n) is 14.4. The average molecular weight is 387 g/mol. The number of amides is 4. The van der Waals surface area contributed by atoms with Crippen LogP contribution >= 0.6 is 11.6 Å². The molecule has 7 nitrogen and oxygen atoms in total. The summed E-state index contributed by atoms with van der Waals surface area (Å²) in [6.45, 7) is 1.67. The van der Waals surface area contributed by atoms with E-state index in [0.29, 0.717) is 16.1 Å². The molecule has 0 atom stereocenters. The van der Waals surface area contributed by atoms with Crippen molar-refractivity contribution in [1.82, 2.24) is 5.32 Å². The van der Waals surface area contributed by atoms with Gasteiger partial charge in [0.05, 0.1) is 12.8 Å². The summed E-state index contributed by atoms with van der Waals surface area (Å²) in [5, 5.41) is 12.4. The molecule has 138 valence electrons. The van der Waals surface area contributed by atoms with Crippen LogP contribution in [0.3, 0.4) is 0 Å². The number of imide groups is 2. The van der Waals surface area contributed by atoms with E-state index in [0.717, 1.165) is 4.90 Å². The van der Waals surface area contributed by atoms with Crippen LogP contribution in [0.2, 0.25) is 5.02 Å². The number of methoxy groups -OCH3 is 1. The van der Waals surface area contributed by atoms with E-state index in [1.54, 1.807) is 31.2 Å². The fourth-order valence-electron chi connectivity index (χ4n) is 2.68. The second-order valence-electron chi connectivity index (χ2n) is 5.77. The zero-order valence-corrected chi connectivity index (χ0v) is 15.2. The number of benzene rings is 2. The Kier molecular flexibility index (Phi) is 4.87. The van der Waals surface area contributed by atoms with Gasteiger partial charge in [-0.1, -0.05) is 23.7 Å². The number of nitrogens with one attached hydrogen (secondary N) is 1. The Morgan fingerprint density at radius 2 is 1.93 bits per heavy atom. The summed E-state index contributed by atoms with van der Waals surface area (Å²) in [5.41, 5.74) is 0.946. The molecule has 0 spiro atoms. The fourth-order valence-corrected chi connectivity index (χ4v) is 2.85. The number of anilines is 1. The summed E-state index contributed by atoms with van der Waals surface area (Å²) in [5.74, 6) is -1.50. The molecule has 1 heterocycles. The maximum atomic E-state index is 12.9. The van der Waals surface area contributed by atoms with Gasteiger partial charge in [-0.15, -0.1) is 0 Å². The molecule has 1 aliphatic heterocycles. The number of phenolic OH excluding ortho intramolecular Hbond substituents is 1. The first kappa shape index (κ1) is 18.5. The largest absolute Gasteiger partial charge is 0.504 e. The van der Waals surface area contributed by atoms with Crippen LogP contribution in [0.5, 0.6) is 11.5 Å². The molecule has 0 radical (unpaired) electrons. The SMILES string of the molecule is COc1ccc(/C=C2\C(=O)NC(=O)N(c3cccc(Cl)c3C)C2=O)cc1O. The van der Waals surface area contributed by atoms with Crippen molar-refractivity contribution in [2.75, 3.05) is 12.0 Å². The third kappa shape index (κ3) is 3.37. The second kappa shape index (κ2) is 7.13. The van der Waals surface area contributed by atoms with Crippen LogP contribution in [0.25, 0.3) is 6.08 Å². The highest BCUT2D eigenvalue weighted by Gasteiger charge is 2.37. The molecule has 0 aliphatic carbocycles. The topological polar surface area (TPSA) is 95.9 Å². The molecule has 1 saturated heterocycles. The number of phenols is 1. The first-order valence-electron chi connectivity index (χ1n) is 7.87. The number of halogens is 1. The first-order chi connectivity index (χ1) is 12.8. The Bertz CT molecular complexity index is 1000. The molecule has 0 unspecified atom stereocenters. The number of rotatable bonds is 3. The van der Waals surface area contributed by atoms with Crippen molar-refractivity contribution in [3.63, 3.8) is 0 Å². The van der Waals surface area contributed by atoms with Crippen LogP contribution < -0.4 is 15.0 Å². The van der Waals surface area contributed by atoms with Gasteiger partial charge in [0.15, 0.2) is 11.5 Å². The van der Waals surface area contributed by atoms with Gasteiger partial charge >= 0.3 is 6.03 Å². The van der Waals surface area contributed by atoms with E-state index >= 15 is 0 Å². The van der Waals surface area contributed by atoms with Crippen LogP contribution in [0.4, 0.5) is 10.5 Å². The number of aromatic hydroxyl groups is 1. The maximum absolute atomic E-state index is 12.9. The van der Waals surface area contributed by atoms with Crippen LogP contribution in [-0.2, 0) is 9.59 Å². The van der Waals surface area contributed by atoms with Crippen LogP contribution in [0, 0.1) is 6.92 Å². The van der Waals surface area contributed by atoms with Gasteiger partial charge in [0, 0.05) is 5.02 Å². The lowest BCUT2D eigenvalue weighted by Crippen LogP contribution is -2.54. The van der Waals surface area contributed by atoms with Crippen molar-refractivity contribution in [3.8, 4) is 11.5 Å². The highest BCUT2D eigenvalue weighted by atomic mass is 35.5. The van der Waals surface area contributed by atoms with Crippen LogP contribution in [-0.4, -0.2) is 30.1 Å². The van der Waals surface area contributed by atoms with E-state index in [2.05, 4.69) is 5.32 Å². The van der Waals surface area contributed by atoms with Crippen molar-refractivity contribution in [3.05, 3.63) is 58.1 Å². The van der Waals surface area contributed by atoms with Gasteiger partial charge in [0.25, 0.3) is 11.8 Å². The van der Waals surface area contributed by atoms with Gasteiger partial charge in [-0.3, -0.25) is 14.9 Å². The van der Waals surface area contributed by atoms with E-state index in [1.165, 1.54) is 25.3 Å². The highest BCUT2D eigenvalue weighted by molar-refractivity contribution is 6.39. The second-order valence-corrected chi connectivity index (χ2v) is 6.18. The molecule has 2 aromatic carbocycles. The van der Waals surface area contributed by atoms with Crippen molar-refractivity contribution in [2.24, 2.45) is 0 Å². The Morgan fingerprint density at radius 1 is 1.19 bits per heavy atom. The standard InChI is InChI=1S/C19H15ClN2O5/c1-10-13(20)4-3-5-14(10)22-18(25)12(17(24)21-19(22)26)8-11-6-7-16(27-2)15(23)9-11/h3-9,23H,1-2H3,(H,21,24,26)/b12-8+. The fraction of sp³-hybridized carbons (Fsp3) is 0.105. The van der Waals surface area contributed by atoms with Crippen molar-refractivity contribution in [2.45, 2.75) is 6.92 Å². The quantitative estimate of drug-likeness (QED) is 0.624. The lowest BCUT2D eigenvalue weighted by molar-refractivity contribution is -0.122. The summed E-state index contributed by atoms with van der Waals surface area (Å²) in [6, 6.07) is 8.35. The van der Waals surface area contributed by atoms with Crippen molar-refractivity contribution < 1.29 is 24.2 Å². The van der Waals surface area contributed by atoms with Gasteiger partial charge in [-0.25, -0.2) is 9.69 Å². The van der Waals surface area contributed by atoms with Crippen LogP contribution in [0.15, 0.2) is 42.0 Å². The minimum atomic E-state index is -0.856. The molecule has 0 saturated carbocycles. The number of urea groups is 1. The molecule has 0 bridgehead atoms. The van der Waals surface area contributed by atoms with Gasteiger partial charge in [-0.2, -0.15) is 0 Å². The molecule has 0 aromatic heterocycles. The third-order valence-electron chi connectivity index (χ3n) is 4.10. The lowest BCUT2D eigenvalue weighted by Gasteiger charge is -2.27. The predicted molar refractivity (Wildman–Crippen MR) is 99.8 cm³/mol. The van der Waals surface area contributed by atoms with Crippen LogP contribution in [0.1, 0.15) is 11.1 Å². The van der Waals surface area contributed by atoms with Crippen molar-refractivity contribution in [1.29, 1.82) is 0 Å². The number of ether oxygens (including phenoxy) is 1. The smallest absolute Gasteiger partial charge is 0.335 e. The number of barbiturate groups is 1. The predicted octanol–water partition coefficient (Wildman–Crippen LogP) is 3.03. The van der Waals surface area contributed by atoms with E-state index in [-0.39, 0.29) is 22.8 Å². The molecule has 1 fully saturated rings. The lowest BCUT2D eigenvalue weighted by atomic mass is 10.1. The summed E-state index contributed by atoms with van der Waals surface area (Å²) >= 11 is 6.08. The monoisotopic (exact) mass is 386 g/mol. The van der Waals surface area contributed by atoms with Crippen molar-refractivity contribution >= 4 is 41.2 Å². The summed E-state index contributed by atoms with van der Waals surface area (Å²) < 4.78 is 4.96. The first-order valence-corrected chi connectivity index (χ1v) is 8.25. The maximum Gasteiger partial charge on any atom is 0.335 e. The van der Waals surface area contributed by atoms with E-state index < -0.39 is 17.8 Å². The van der Waals surface area contributed by atoms with E-state index in [9.17, 15) is 19.5 Å². The Morgan fingerprint density at radius 3 is 2.59 bits per heavy atom. The van der Waals surface area contributed by atoms with Gasteiger partial charge < -0.3 is 9.84 Å². The molecule has 2 aromatic rings. The summed E-state index contributed by atoms with van der Waals surface area (Å²) in [7, 11) is 1.40. The molecule has 3 rings (SSSR count). The average Bonchev–Trinajstić information content (AvgIpc) is 2.62. The number of carbonyl (C=O) groups is 3. The van der Waals surface area contributed by atoms with E-state index in [1.807, 2.05) is 0 Å². The highest BCUT2D eigenvalue weighted by Crippen LogP contribution is 2.31. The van der Waals surface area contributed by atoms with E-state index in [4.69, 9.17) is 16.3 Å². The van der Waals surface area contributed by atoms with Gasteiger partial charge in [0.2, 0.25) is 0 Å². The Balaban J connectivity index is 2.05. The molecule has 2 N–H and O–H groups in total. The van der Waals surface area contributed by atoms with Gasteiger partial charge in [0.1, 0.15) is 5.57 Å². The number of hydrogen-bond donors (Lipinski definition) is 2. The summed E-state index contributed by atoms with van der Waals surface area (Å²) in [4.78, 5) is 38.2. The minimum absolute atomic E-state index is 0.144. The normalized spacial score (nSPS) is 15.9. The minimum Gasteiger partial charge on any atom is -0.504 e. The molecule has 1 aliphatic rings. The number of nitrogens with zero attached hydrogens (tertiary/aromatic N) is 1. The van der Waals surface area contributed by atoms with Gasteiger partial charge in [-0.05, 0) is 48.4 Å². The Labute approximate surface area is 159 Å². The Hall–Kier alpha value is -3.32. The molecule has 8 heteroatoms. The molecule has 4 amide bonds. The molecular formula is C19H15ClN2O5. The zero-order chi connectivity index (χ0) is 19.7. The number of carbonyl (C=O) groups excluding carboxylic acids is 3. The third-order valence-corrected chi connectivity index (χ3v) is 4.51. The molecule has 27 heavy (non-hydrogen) atoms. The molecular weight excluding hydrogens is 372 g/mol. The number of hydrogen-bond acceptors (Lipinski definition) is 5. The summed E-state index contributed by atoms with van der Waals surface area (Å²) in [6.07, 6.45) is 1.29.